The number of hydrogen-bond donors (Lipinski definition) is 0. The van der Waals surface area contributed by atoms with Crippen molar-refractivity contribution in [1.82, 2.24) is 14.3 Å². The van der Waals surface area contributed by atoms with E-state index in [0.717, 1.165) is 54.5 Å². The minimum atomic E-state index is -3.15. The smallest absolute Gasteiger partial charge is 0.214 e. The second-order valence-corrected chi connectivity index (χ2v) is 12.5. The van der Waals surface area contributed by atoms with Gasteiger partial charge in [0.2, 0.25) is 10.0 Å². The Kier molecular flexibility index (Phi) is 6.89. The van der Waals surface area contributed by atoms with Crippen molar-refractivity contribution in [2.24, 2.45) is 5.92 Å². The molecule has 0 spiro atoms. The van der Waals surface area contributed by atoms with Crippen LogP contribution in [0, 0.1) is 5.92 Å². The Morgan fingerprint density at radius 1 is 1.16 bits per heavy atom. The van der Waals surface area contributed by atoms with Crippen molar-refractivity contribution in [2.75, 3.05) is 36.8 Å². The minimum Gasteiger partial charge on any atom is -0.353 e. The Bertz CT molecular complexity index is 1030. The zero-order chi connectivity index (χ0) is 22.2. The number of aromatic nitrogens is 2. The molecule has 0 aromatic carbocycles. The molecule has 2 aromatic heterocycles. The molecule has 31 heavy (non-hydrogen) atoms. The molecule has 8 heteroatoms. The lowest BCUT2D eigenvalue weighted by atomic mass is 9.89. The highest BCUT2D eigenvalue weighted by atomic mass is 32.2. The molecule has 0 bridgehead atoms. The van der Waals surface area contributed by atoms with Gasteiger partial charge in [-0.1, -0.05) is 34.1 Å². The summed E-state index contributed by atoms with van der Waals surface area (Å²) in [7, 11) is -3.15. The van der Waals surface area contributed by atoms with Crippen molar-refractivity contribution in [1.29, 1.82) is 0 Å². The van der Waals surface area contributed by atoms with E-state index in [4.69, 9.17) is 9.97 Å². The molecule has 4 rings (SSSR count). The van der Waals surface area contributed by atoms with Crippen molar-refractivity contribution >= 4 is 37.4 Å². The van der Waals surface area contributed by atoms with Crippen LogP contribution in [0.15, 0.2) is 0 Å². The largest absolute Gasteiger partial charge is 0.353 e. The molecular weight excluding hydrogens is 428 g/mol. The molecule has 1 saturated heterocycles. The van der Waals surface area contributed by atoms with E-state index in [-0.39, 0.29) is 5.75 Å². The van der Waals surface area contributed by atoms with Crippen LogP contribution in [-0.4, -0.2) is 54.6 Å². The Balaban J connectivity index is 1.67. The first kappa shape index (κ1) is 22.9. The number of sulfonamides is 1. The summed E-state index contributed by atoms with van der Waals surface area (Å²) in [6.45, 7) is 11.2. The standard InChI is InChI=1S/C23H36N4O2S2/c1-5-7-14-31(28,29)27-12-10-26(11-13-27)22-20-18-9-8-16(3)15-19(18)30-23(20)25-21(24-22)17(4)6-2/h16-17H,5-15H2,1-4H3. The molecule has 2 aromatic rings. The Morgan fingerprint density at radius 2 is 1.90 bits per heavy atom. The van der Waals surface area contributed by atoms with Crippen LogP contribution in [0.3, 0.4) is 0 Å². The molecule has 0 saturated carbocycles. The molecule has 172 valence electrons. The third-order valence-electron chi connectivity index (χ3n) is 6.89. The first-order valence-electron chi connectivity index (χ1n) is 11.9. The van der Waals surface area contributed by atoms with Crippen LogP contribution in [-0.2, 0) is 22.9 Å². The summed E-state index contributed by atoms with van der Waals surface area (Å²) < 4.78 is 27.0. The maximum absolute atomic E-state index is 12.6. The summed E-state index contributed by atoms with van der Waals surface area (Å²) in [6.07, 6.45) is 6.09. The summed E-state index contributed by atoms with van der Waals surface area (Å²) in [5.74, 6) is 3.27. The number of piperazine rings is 1. The van der Waals surface area contributed by atoms with Gasteiger partial charge in [-0.3, -0.25) is 0 Å². The van der Waals surface area contributed by atoms with E-state index < -0.39 is 10.0 Å². The molecule has 1 fully saturated rings. The summed E-state index contributed by atoms with van der Waals surface area (Å²) in [5.41, 5.74) is 1.45. The third kappa shape index (κ3) is 4.62. The highest BCUT2D eigenvalue weighted by Crippen LogP contribution is 2.42. The van der Waals surface area contributed by atoms with Gasteiger partial charge in [-0.2, -0.15) is 4.31 Å². The number of fused-ring (bicyclic) bond motifs is 3. The number of aryl methyl sites for hydroxylation is 1. The summed E-state index contributed by atoms with van der Waals surface area (Å²) in [4.78, 5) is 15.0. The van der Waals surface area contributed by atoms with Gasteiger partial charge in [-0.15, -0.1) is 11.3 Å². The van der Waals surface area contributed by atoms with Crippen molar-refractivity contribution in [2.45, 2.75) is 72.1 Å². The van der Waals surface area contributed by atoms with Crippen molar-refractivity contribution < 1.29 is 8.42 Å². The summed E-state index contributed by atoms with van der Waals surface area (Å²) in [5, 5.41) is 1.24. The molecule has 2 aliphatic rings. The maximum Gasteiger partial charge on any atom is 0.214 e. The second kappa shape index (κ2) is 9.32. The van der Waals surface area contributed by atoms with Gasteiger partial charge in [0, 0.05) is 37.0 Å². The number of thiophene rings is 1. The molecule has 2 atom stereocenters. The number of hydrogen-bond acceptors (Lipinski definition) is 6. The van der Waals surface area contributed by atoms with Gasteiger partial charge in [-0.05, 0) is 43.6 Å². The molecule has 1 aliphatic carbocycles. The van der Waals surface area contributed by atoms with Gasteiger partial charge in [0.1, 0.15) is 16.5 Å². The van der Waals surface area contributed by atoms with Crippen LogP contribution in [0.2, 0.25) is 0 Å². The number of anilines is 1. The number of nitrogens with zero attached hydrogens (tertiary/aromatic N) is 4. The van der Waals surface area contributed by atoms with Crippen LogP contribution < -0.4 is 4.90 Å². The van der Waals surface area contributed by atoms with Crippen LogP contribution in [0.5, 0.6) is 0 Å². The lowest BCUT2D eigenvalue weighted by molar-refractivity contribution is 0.383. The molecule has 3 heterocycles. The lowest BCUT2D eigenvalue weighted by Crippen LogP contribution is -2.49. The fourth-order valence-corrected chi connectivity index (χ4v) is 7.62. The average molecular weight is 465 g/mol. The first-order valence-corrected chi connectivity index (χ1v) is 14.3. The van der Waals surface area contributed by atoms with E-state index in [0.29, 0.717) is 32.1 Å². The number of rotatable bonds is 7. The fourth-order valence-electron chi connectivity index (χ4n) is 4.60. The third-order valence-corrected chi connectivity index (χ3v) is 10.00. The van der Waals surface area contributed by atoms with Gasteiger partial charge < -0.3 is 4.90 Å². The zero-order valence-electron chi connectivity index (χ0n) is 19.4. The van der Waals surface area contributed by atoms with Gasteiger partial charge in [0.15, 0.2) is 0 Å². The Morgan fingerprint density at radius 3 is 2.58 bits per heavy atom. The monoisotopic (exact) mass is 464 g/mol. The molecule has 0 N–H and O–H groups in total. The van der Waals surface area contributed by atoms with E-state index >= 15 is 0 Å². The van der Waals surface area contributed by atoms with Gasteiger partial charge in [0.25, 0.3) is 0 Å². The second-order valence-electron chi connectivity index (χ2n) is 9.30. The van der Waals surface area contributed by atoms with Gasteiger partial charge >= 0.3 is 0 Å². The fraction of sp³-hybridized carbons (Fsp3) is 0.739. The van der Waals surface area contributed by atoms with Crippen molar-refractivity contribution in [3.63, 3.8) is 0 Å². The lowest BCUT2D eigenvalue weighted by Gasteiger charge is -2.35. The van der Waals surface area contributed by atoms with E-state index in [1.54, 1.807) is 4.31 Å². The minimum absolute atomic E-state index is 0.260. The van der Waals surface area contributed by atoms with Crippen molar-refractivity contribution in [3.8, 4) is 0 Å². The zero-order valence-corrected chi connectivity index (χ0v) is 21.0. The quantitative estimate of drug-likeness (QED) is 0.600. The maximum atomic E-state index is 12.6. The first-order chi connectivity index (χ1) is 14.8. The van der Waals surface area contributed by atoms with Crippen LogP contribution in [0.1, 0.15) is 75.6 Å². The predicted octanol–water partition coefficient (Wildman–Crippen LogP) is 4.58. The Hall–Kier alpha value is -1.25. The van der Waals surface area contributed by atoms with E-state index in [2.05, 4.69) is 25.7 Å². The number of unbranched alkanes of at least 4 members (excludes halogenated alkanes) is 1. The van der Waals surface area contributed by atoms with Crippen LogP contribution in [0.4, 0.5) is 5.82 Å². The predicted molar refractivity (Wildman–Crippen MR) is 130 cm³/mol. The SMILES string of the molecule is CCCCS(=O)(=O)N1CCN(c2nc(C(C)CC)nc3sc4c(c23)CCC(C)C4)CC1. The topological polar surface area (TPSA) is 66.4 Å². The molecule has 0 amide bonds. The van der Waals surface area contributed by atoms with E-state index in [9.17, 15) is 8.42 Å². The highest BCUT2D eigenvalue weighted by Gasteiger charge is 2.31. The summed E-state index contributed by atoms with van der Waals surface area (Å²) in [6, 6.07) is 0. The van der Waals surface area contributed by atoms with Crippen LogP contribution in [0.25, 0.3) is 10.2 Å². The summed E-state index contributed by atoms with van der Waals surface area (Å²) >= 11 is 1.85. The van der Waals surface area contributed by atoms with Gasteiger partial charge in [0.05, 0.1) is 11.1 Å². The normalized spacial score (nSPS) is 21.4. The highest BCUT2D eigenvalue weighted by molar-refractivity contribution is 7.89. The molecule has 2 unspecified atom stereocenters. The van der Waals surface area contributed by atoms with E-state index in [1.807, 2.05) is 18.3 Å². The van der Waals surface area contributed by atoms with Crippen LogP contribution >= 0.6 is 11.3 Å². The van der Waals surface area contributed by atoms with Crippen molar-refractivity contribution in [3.05, 3.63) is 16.3 Å². The molecule has 6 nitrogen and oxygen atoms in total. The molecular formula is C23H36N4O2S2. The molecule has 1 aliphatic heterocycles. The average Bonchev–Trinajstić information content (AvgIpc) is 3.14. The van der Waals surface area contributed by atoms with E-state index in [1.165, 1.54) is 22.2 Å². The van der Waals surface area contributed by atoms with Gasteiger partial charge in [-0.25, -0.2) is 18.4 Å². The Labute approximate surface area is 191 Å². The molecule has 0 radical (unpaired) electrons.